The van der Waals surface area contributed by atoms with Gasteiger partial charge in [-0.1, -0.05) is 11.6 Å². The van der Waals surface area contributed by atoms with E-state index in [0.717, 1.165) is 5.54 Å². The second-order valence-corrected chi connectivity index (χ2v) is 1.98. The van der Waals surface area contributed by atoms with Crippen LogP contribution >= 0.6 is 11.6 Å². The summed E-state index contributed by atoms with van der Waals surface area (Å²) in [7, 11) is 0. The van der Waals surface area contributed by atoms with E-state index >= 15 is 0 Å². The first-order valence-corrected chi connectivity index (χ1v) is 3.29. The largest absolute Gasteiger partial charge is 0.478 e. The molecule has 0 aliphatic carbocycles. The van der Waals surface area contributed by atoms with Crippen LogP contribution < -0.4 is 0 Å². The highest BCUT2D eigenvalue weighted by Gasteiger charge is 2.04. The zero-order chi connectivity index (χ0) is 7.98. The Hall–Kier alpha value is -0.540. The molecule has 0 bridgehead atoms. The summed E-state index contributed by atoms with van der Waals surface area (Å²) in [6.45, 7) is -0.0124. The lowest BCUT2D eigenvalue weighted by Gasteiger charge is -1.96. The fourth-order valence-electron chi connectivity index (χ4n) is 0.478. The van der Waals surface area contributed by atoms with Gasteiger partial charge in [0.25, 0.3) is 0 Å². The van der Waals surface area contributed by atoms with Gasteiger partial charge in [-0.05, 0) is 12.8 Å². The Morgan fingerprint density at radius 3 is 2.50 bits per heavy atom. The maximum absolute atomic E-state index is 10.2. The number of aliphatic hydroxyl groups excluding tert-OH is 1. The Labute approximate surface area is 63.9 Å². The van der Waals surface area contributed by atoms with Gasteiger partial charge in [-0.25, -0.2) is 4.79 Å². The molecule has 0 spiro atoms. The van der Waals surface area contributed by atoms with Crippen molar-refractivity contribution >= 4 is 17.6 Å². The van der Waals surface area contributed by atoms with Gasteiger partial charge < -0.3 is 10.2 Å². The molecule has 0 saturated carbocycles. The minimum Gasteiger partial charge on any atom is -0.478 e. The Bertz CT molecular complexity index is 142. The van der Waals surface area contributed by atoms with Crippen LogP contribution in [0.2, 0.25) is 0 Å². The minimum atomic E-state index is -1.02. The number of hydrogen-bond donors (Lipinski definition) is 2. The fraction of sp³-hybridized carbons (Fsp3) is 0.500. The van der Waals surface area contributed by atoms with Crippen LogP contribution in [0.5, 0.6) is 0 Å². The van der Waals surface area contributed by atoms with Gasteiger partial charge in [-0.3, -0.25) is 0 Å². The molecule has 0 amide bonds. The second kappa shape index (κ2) is 5.26. The molecule has 10 heavy (non-hydrogen) atoms. The van der Waals surface area contributed by atoms with Crippen molar-refractivity contribution in [2.24, 2.45) is 0 Å². The number of aliphatic carboxylic acids is 1. The molecule has 0 unspecified atom stereocenters. The van der Waals surface area contributed by atoms with Crippen molar-refractivity contribution in [3.05, 3.63) is 11.1 Å². The molecule has 0 fully saturated rings. The van der Waals surface area contributed by atoms with E-state index in [1.807, 2.05) is 0 Å². The summed E-state index contributed by atoms with van der Waals surface area (Å²) in [6, 6.07) is 0. The number of halogens is 1. The standard InChI is InChI=1S/C6H9ClO3/c7-4-5(6(9)10)2-1-3-8/h4,8H,1-3H2,(H,9,10). The van der Waals surface area contributed by atoms with Gasteiger partial charge in [0.1, 0.15) is 0 Å². The minimum absolute atomic E-state index is 0.0124. The Kier molecular flexibility index (Phi) is 4.98. The molecular formula is C6H9ClO3. The maximum atomic E-state index is 10.2. The number of carboxylic acid groups (broad SMARTS) is 1. The van der Waals surface area contributed by atoms with Crippen LogP contribution in [-0.4, -0.2) is 22.8 Å². The predicted octanol–water partition coefficient (Wildman–Crippen LogP) is 0.966. The monoisotopic (exact) mass is 164 g/mol. The first-order chi connectivity index (χ1) is 4.72. The van der Waals surface area contributed by atoms with E-state index in [0.29, 0.717) is 12.8 Å². The first kappa shape index (κ1) is 9.46. The Morgan fingerprint density at radius 2 is 2.20 bits per heavy atom. The third kappa shape index (κ3) is 3.48. The molecule has 0 aliphatic rings. The summed E-state index contributed by atoms with van der Waals surface area (Å²) in [6.07, 6.45) is 0.750. The van der Waals surface area contributed by atoms with Crippen molar-refractivity contribution in [1.29, 1.82) is 0 Å². The van der Waals surface area contributed by atoms with Crippen LogP contribution in [0, 0.1) is 0 Å². The van der Waals surface area contributed by atoms with E-state index in [1.165, 1.54) is 0 Å². The summed E-state index contributed by atoms with van der Waals surface area (Å²) in [5.41, 5.74) is 1.16. The van der Waals surface area contributed by atoms with Crippen molar-refractivity contribution in [3.8, 4) is 0 Å². The molecule has 0 aromatic rings. The molecular weight excluding hydrogens is 156 g/mol. The SMILES string of the molecule is O=C(O)C(=CCl)CCCO. The molecule has 0 heterocycles. The molecule has 0 aliphatic heterocycles. The van der Waals surface area contributed by atoms with Gasteiger partial charge in [0.05, 0.1) is 0 Å². The van der Waals surface area contributed by atoms with E-state index < -0.39 is 5.97 Å². The lowest BCUT2D eigenvalue weighted by atomic mass is 10.2. The number of carboxylic acids is 1. The summed E-state index contributed by atoms with van der Waals surface area (Å²) in [5, 5.41) is 16.7. The van der Waals surface area contributed by atoms with Gasteiger partial charge in [0, 0.05) is 17.7 Å². The third-order valence-corrected chi connectivity index (χ3v) is 1.27. The first-order valence-electron chi connectivity index (χ1n) is 2.85. The average molecular weight is 165 g/mol. The summed E-state index contributed by atoms with van der Waals surface area (Å²) < 4.78 is 0. The molecule has 0 saturated heterocycles. The Balaban J connectivity index is 3.74. The van der Waals surface area contributed by atoms with Crippen LogP contribution in [0.15, 0.2) is 11.1 Å². The van der Waals surface area contributed by atoms with Crippen molar-refractivity contribution in [2.75, 3.05) is 6.61 Å². The van der Waals surface area contributed by atoms with Gasteiger partial charge in [-0.15, -0.1) is 0 Å². The second-order valence-electron chi connectivity index (χ2n) is 1.77. The summed E-state index contributed by atoms with van der Waals surface area (Å²) in [5.74, 6) is -1.02. The van der Waals surface area contributed by atoms with Gasteiger partial charge in [0.2, 0.25) is 0 Å². The molecule has 4 heteroatoms. The van der Waals surface area contributed by atoms with Crippen molar-refractivity contribution in [1.82, 2.24) is 0 Å². The molecule has 0 rings (SSSR count). The predicted molar refractivity (Wildman–Crippen MR) is 37.9 cm³/mol. The number of hydrogen-bond acceptors (Lipinski definition) is 2. The van der Waals surface area contributed by atoms with Gasteiger partial charge >= 0.3 is 5.97 Å². The van der Waals surface area contributed by atoms with Gasteiger partial charge in [-0.2, -0.15) is 0 Å². The normalized spacial score (nSPS) is 11.6. The molecule has 3 nitrogen and oxygen atoms in total. The molecule has 2 N–H and O–H groups in total. The van der Waals surface area contributed by atoms with Crippen LogP contribution in [0.3, 0.4) is 0 Å². The van der Waals surface area contributed by atoms with Crippen LogP contribution in [0.1, 0.15) is 12.8 Å². The summed E-state index contributed by atoms with van der Waals surface area (Å²) in [4.78, 5) is 10.2. The van der Waals surface area contributed by atoms with Crippen LogP contribution in [0.25, 0.3) is 0 Å². The van der Waals surface area contributed by atoms with E-state index in [-0.39, 0.29) is 12.2 Å². The zero-order valence-electron chi connectivity index (χ0n) is 5.38. The maximum Gasteiger partial charge on any atom is 0.332 e. The average Bonchev–Trinajstić information content (AvgIpc) is 1.89. The molecule has 0 aromatic heterocycles. The summed E-state index contributed by atoms with van der Waals surface area (Å²) >= 11 is 5.17. The number of carbonyl (C=O) groups is 1. The zero-order valence-corrected chi connectivity index (χ0v) is 6.14. The fourth-order valence-corrected chi connectivity index (χ4v) is 0.680. The topological polar surface area (TPSA) is 57.5 Å². The lowest BCUT2D eigenvalue weighted by molar-refractivity contribution is -0.132. The van der Waals surface area contributed by atoms with Crippen molar-refractivity contribution in [2.45, 2.75) is 12.8 Å². The van der Waals surface area contributed by atoms with Gasteiger partial charge in [0.15, 0.2) is 0 Å². The quantitative estimate of drug-likeness (QED) is 0.609. The lowest BCUT2D eigenvalue weighted by Crippen LogP contribution is -2.00. The van der Waals surface area contributed by atoms with E-state index in [9.17, 15) is 4.79 Å². The Morgan fingerprint density at radius 1 is 1.60 bits per heavy atom. The number of aliphatic hydroxyl groups is 1. The molecule has 0 radical (unpaired) electrons. The third-order valence-electron chi connectivity index (χ3n) is 1.01. The highest BCUT2D eigenvalue weighted by atomic mass is 35.5. The van der Waals surface area contributed by atoms with Crippen LogP contribution in [0.4, 0.5) is 0 Å². The van der Waals surface area contributed by atoms with Crippen molar-refractivity contribution in [3.63, 3.8) is 0 Å². The highest BCUT2D eigenvalue weighted by molar-refractivity contribution is 6.27. The van der Waals surface area contributed by atoms with Crippen LogP contribution in [-0.2, 0) is 4.79 Å². The molecule has 58 valence electrons. The van der Waals surface area contributed by atoms with E-state index in [4.69, 9.17) is 21.8 Å². The van der Waals surface area contributed by atoms with E-state index in [1.54, 1.807) is 0 Å². The molecule has 0 aromatic carbocycles. The van der Waals surface area contributed by atoms with E-state index in [2.05, 4.69) is 0 Å². The van der Waals surface area contributed by atoms with Crippen molar-refractivity contribution < 1.29 is 15.0 Å². The highest BCUT2D eigenvalue weighted by Crippen LogP contribution is 2.05. The number of rotatable bonds is 4. The molecule has 0 atom stereocenters. The smallest absolute Gasteiger partial charge is 0.332 e.